The first-order chi connectivity index (χ1) is 26.3. The van der Waals surface area contributed by atoms with Gasteiger partial charge in [0.1, 0.15) is 0 Å². The molecule has 3 aromatic heterocycles. The monoisotopic (exact) mass is 678 g/mol. The van der Waals surface area contributed by atoms with Crippen LogP contribution in [0.5, 0.6) is 0 Å². The van der Waals surface area contributed by atoms with Crippen LogP contribution in [0.25, 0.3) is 99.8 Å². The van der Waals surface area contributed by atoms with Crippen LogP contribution < -0.4 is 0 Å². The van der Waals surface area contributed by atoms with Gasteiger partial charge in [-0.25, -0.2) is 0 Å². The summed E-state index contributed by atoms with van der Waals surface area (Å²) < 4.78 is 10.8. The van der Waals surface area contributed by atoms with Crippen molar-refractivity contribution in [2.45, 2.75) is 0 Å². The Labute approximate surface area is 304 Å². The van der Waals surface area contributed by atoms with E-state index in [2.05, 4.69) is 171 Å². The fourth-order valence-corrected chi connectivity index (χ4v) is 8.04. The number of nitrogens with zero attached hydrogens (tertiary/aromatic N) is 4. The fourth-order valence-electron chi connectivity index (χ4n) is 8.04. The number of benzene rings is 8. The SMILES string of the molecule is c1ccc(-c2nnc(-c3ccc(-n4c5ccccc5c5cc(-c6ccc7c(c6)c6ccccc6n7-c6cccc7ccccc67)ccc54)cc3)o2)cc1. The molecule has 0 amide bonds. The summed E-state index contributed by atoms with van der Waals surface area (Å²) in [6, 6.07) is 64.6. The van der Waals surface area contributed by atoms with Gasteiger partial charge in [-0.1, -0.05) is 103 Å². The van der Waals surface area contributed by atoms with Gasteiger partial charge in [0.25, 0.3) is 0 Å². The van der Waals surface area contributed by atoms with Gasteiger partial charge in [0, 0.05) is 43.7 Å². The van der Waals surface area contributed by atoms with Crippen LogP contribution in [0, 0.1) is 0 Å². The zero-order valence-electron chi connectivity index (χ0n) is 28.5. The number of rotatable bonds is 5. The van der Waals surface area contributed by atoms with Crippen molar-refractivity contribution in [3.8, 4) is 45.4 Å². The molecule has 3 heterocycles. The number of hydrogen-bond donors (Lipinski definition) is 0. The lowest BCUT2D eigenvalue weighted by Gasteiger charge is -2.12. The summed E-state index contributed by atoms with van der Waals surface area (Å²) in [5, 5.41) is 16.0. The normalized spacial score (nSPS) is 11.8. The molecule has 0 saturated carbocycles. The van der Waals surface area contributed by atoms with Crippen molar-refractivity contribution in [2.75, 3.05) is 0 Å². The summed E-state index contributed by atoms with van der Waals surface area (Å²) in [5.41, 5.74) is 11.1. The van der Waals surface area contributed by atoms with Crippen molar-refractivity contribution in [2.24, 2.45) is 0 Å². The second kappa shape index (κ2) is 11.7. The highest BCUT2D eigenvalue weighted by Crippen LogP contribution is 2.39. The standard InChI is InChI=1S/C48H30N4O/c1-2-12-32(13-3-1)47-49-50-48(53-47)33-21-25-36(26-22-33)51-43-18-8-6-16-38(43)40-29-34(23-27-45(40)51)35-24-28-46-41(30-35)39-17-7-9-19-44(39)52(46)42-20-10-14-31-11-4-5-15-37(31)42/h1-30H. The molecule has 0 N–H and O–H groups in total. The van der Waals surface area contributed by atoms with Gasteiger partial charge in [-0.15, -0.1) is 10.2 Å². The van der Waals surface area contributed by atoms with E-state index in [-0.39, 0.29) is 0 Å². The van der Waals surface area contributed by atoms with E-state index in [0.29, 0.717) is 11.8 Å². The van der Waals surface area contributed by atoms with Crippen molar-refractivity contribution < 1.29 is 4.42 Å². The van der Waals surface area contributed by atoms with E-state index in [1.54, 1.807) is 0 Å². The molecule has 5 heteroatoms. The second-order valence-corrected chi connectivity index (χ2v) is 13.5. The third-order valence-corrected chi connectivity index (χ3v) is 10.5. The molecule has 0 spiro atoms. The average Bonchev–Trinajstić information content (AvgIpc) is 3.94. The van der Waals surface area contributed by atoms with Crippen LogP contribution in [0.3, 0.4) is 0 Å². The summed E-state index contributed by atoms with van der Waals surface area (Å²) in [4.78, 5) is 0. The lowest BCUT2D eigenvalue weighted by atomic mass is 10.0. The Balaban J connectivity index is 1.02. The summed E-state index contributed by atoms with van der Waals surface area (Å²) in [7, 11) is 0. The van der Waals surface area contributed by atoms with Crippen LogP contribution in [0.2, 0.25) is 0 Å². The largest absolute Gasteiger partial charge is 0.416 e. The highest BCUT2D eigenvalue weighted by atomic mass is 16.4. The lowest BCUT2D eigenvalue weighted by Crippen LogP contribution is -1.95. The number of fused-ring (bicyclic) bond motifs is 7. The highest BCUT2D eigenvalue weighted by Gasteiger charge is 2.17. The Morgan fingerprint density at radius 3 is 1.51 bits per heavy atom. The zero-order valence-corrected chi connectivity index (χ0v) is 28.5. The quantitative estimate of drug-likeness (QED) is 0.182. The Kier molecular flexibility index (Phi) is 6.48. The molecule has 0 aliphatic carbocycles. The molecule has 0 aliphatic rings. The first kappa shape index (κ1) is 29.5. The van der Waals surface area contributed by atoms with Crippen LogP contribution in [0.1, 0.15) is 0 Å². The summed E-state index contributed by atoms with van der Waals surface area (Å²) in [6.45, 7) is 0. The molecule has 8 aromatic carbocycles. The fraction of sp³-hybridized carbons (Fsp3) is 0. The van der Waals surface area contributed by atoms with Crippen molar-refractivity contribution in [3.63, 3.8) is 0 Å². The van der Waals surface area contributed by atoms with Gasteiger partial charge >= 0.3 is 0 Å². The van der Waals surface area contributed by atoms with Crippen molar-refractivity contribution in [3.05, 3.63) is 182 Å². The predicted molar refractivity (Wildman–Crippen MR) is 217 cm³/mol. The topological polar surface area (TPSA) is 48.8 Å². The van der Waals surface area contributed by atoms with Crippen LogP contribution >= 0.6 is 0 Å². The van der Waals surface area contributed by atoms with E-state index >= 15 is 0 Å². The Bertz CT molecular complexity index is 3160. The van der Waals surface area contributed by atoms with Crippen molar-refractivity contribution in [1.29, 1.82) is 0 Å². The minimum atomic E-state index is 0.500. The van der Waals surface area contributed by atoms with Gasteiger partial charge < -0.3 is 13.6 Å². The van der Waals surface area contributed by atoms with E-state index in [1.807, 2.05) is 30.3 Å². The molecule has 0 radical (unpaired) electrons. The van der Waals surface area contributed by atoms with Gasteiger partial charge in [-0.05, 0) is 95.4 Å². The Hall–Kier alpha value is -7.24. The maximum absolute atomic E-state index is 6.04. The summed E-state index contributed by atoms with van der Waals surface area (Å²) in [5.74, 6) is 1.01. The smallest absolute Gasteiger partial charge is 0.248 e. The van der Waals surface area contributed by atoms with E-state index < -0.39 is 0 Å². The van der Waals surface area contributed by atoms with Gasteiger partial charge in [-0.2, -0.15) is 0 Å². The van der Waals surface area contributed by atoms with Crippen LogP contribution in [0.4, 0.5) is 0 Å². The third-order valence-electron chi connectivity index (χ3n) is 10.5. The minimum Gasteiger partial charge on any atom is -0.416 e. The van der Waals surface area contributed by atoms with Crippen LogP contribution in [0.15, 0.2) is 186 Å². The molecule has 0 atom stereocenters. The molecule has 248 valence electrons. The van der Waals surface area contributed by atoms with E-state index in [4.69, 9.17) is 4.42 Å². The maximum atomic E-state index is 6.04. The lowest BCUT2D eigenvalue weighted by molar-refractivity contribution is 0.584. The maximum Gasteiger partial charge on any atom is 0.248 e. The molecule has 53 heavy (non-hydrogen) atoms. The first-order valence-electron chi connectivity index (χ1n) is 17.8. The summed E-state index contributed by atoms with van der Waals surface area (Å²) in [6.07, 6.45) is 0. The minimum absolute atomic E-state index is 0.500. The van der Waals surface area contributed by atoms with Crippen molar-refractivity contribution >= 4 is 54.4 Å². The molecule has 0 fully saturated rings. The van der Waals surface area contributed by atoms with Gasteiger partial charge in [0.05, 0.1) is 27.8 Å². The second-order valence-electron chi connectivity index (χ2n) is 13.5. The van der Waals surface area contributed by atoms with Crippen molar-refractivity contribution in [1.82, 2.24) is 19.3 Å². The molecular formula is C48H30N4O. The number of hydrogen-bond acceptors (Lipinski definition) is 3. The Morgan fingerprint density at radius 2 is 0.830 bits per heavy atom. The third kappa shape index (κ3) is 4.64. The molecule has 0 unspecified atom stereocenters. The molecule has 0 aliphatic heterocycles. The predicted octanol–water partition coefficient (Wildman–Crippen LogP) is 12.4. The molecule has 11 rings (SSSR count). The zero-order chi connectivity index (χ0) is 34.9. The van der Waals surface area contributed by atoms with E-state index in [0.717, 1.165) is 27.8 Å². The number of aromatic nitrogens is 4. The molecule has 11 aromatic rings. The Morgan fingerprint density at radius 1 is 0.340 bits per heavy atom. The summed E-state index contributed by atoms with van der Waals surface area (Å²) >= 11 is 0. The highest BCUT2D eigenvalue weighted by molar-refractivity contribution is 6.13. The molecule has 5 nitrogen and oxygen atoms in total. The van der Waals surface area contributed by atoms with Crippen LogP contribution in [-0.2, 0) is 0 Å². The molecule has 0 saturated heterocycles. The van der Waals surface area contributed by atoms with E-state index in [1.165, 1.54) is 60.2 Å². The number of para-hydroxylation sites is 2. The van der Waals surface area contributed by atoms with Crippen LogP contribution in [-0.4, -0.2) is 19.3 Å². The van der Waals surface area contributed by atoms with E-state index in [9.17, 15) is 0 Å². The molecular weight excluding hydrogens is 649 g/mol. The van der Waals surface area contributed by atoms with Gasteiger partial charge in [0.2, 0.25) is 11.8 Å². The molecule has 0 bridgehead atoms. The van der Waals surface area contributed by atoms with Gasteiger partial charge in [0.15, 0.2) is 0 Å². The first-order valence-corrected chi connectivity index (χ1v) is 17.8. The van der Waals surface area contributed by atoms with Gasteiger partial charge in [-0.3, -0.25) is 0 Å². The average molecular weight is 679 g/mol.